The normalized spacial score (nSPS) is 15.7. The molecule has 194 valence electrons. The molecule has 2 aromatic carbocycles. The zero-order valence-electron chi connectivity index (χ0n) is 21.3. The molecular weight excluding hydrogens is 480 g/mol. The van der Waals surface area contributed by atoms with E-state index in [1.165, 1.54) is 6.33 Å². The number of carbonyl (C=O) groups is 1. The average Bonchev–Trinajstić information content (AvgIpc) is 3.36. The Bertz CT molecular complexity index is 1470. The van der Waals surface area contributed by atoms with Gasteiger partial charge in [-0.15, -0.1) is 0 Å². The number of methoxy groups -OCH3 is 1. The molecule has 0 bridgehead atoms. The average molecular weight is 511 g/mol. The van der Waals surface area contributed by atoms with Gasteiger partial charge < -0.3 is 20.7 Å². The van der Waals surface area contributed by atoms with Gasteiger partial charge in [0.2, 0.25) is 0 Å². The number of anilines is 1. The second-order valence-corrected chi connectivity index (χ2v) is 9.34. The quantitative estimate of drug-likeness (QED) is 0.367. The first-order chi connectivity index (χ1) is 18.6. The second-order valence-electron chi connectivity index (χ2n) is 9.34. The van der Waals surface area contributed by atoms with Gasteiger partial charge in [0.25, 0.3) is 5.91 Å². The molecule has 1 aliphatic rings. The molecule has 1 amide bonds. The van der Waals surface area contributed by atoms with Crippen LogP contribution in [-0.4, -0.2) is 57.3 Å². The third-order valence-corrected chi connectivity index (χ3v) is 6.92. The molecule has 3 N–H and O–H groups in total. The number of para-hydroxylation sites is 1. The lowest BCUT2D eigenvalue weighted by Crippen LogP contribution is -2.37. The van der Waals surface area contributed by atoms with Crippen LogP contribution in [0.2, 0.25) is 0 Å². The van der Waals surface area contributed by atoms with E-state index in [-0.39, 0.29) is 11.9 Å². The second kappa shape index (κ2) is 11.3. The number of rotatable bonds is 8. The Morgan fingerprint density at radius 2 is 2.03 bits per heavy atom. The highest BCUT2D eigenvalue weighted by atomic mass is 16.5. The summed E-state index contributed by atoms with van der Waals surface area (Å²) < 4.78 is 7.27. The van der Waals surface area contributed by atoms with E-state index in [4.69, 9.17) is 20.8 Å². The molecule has 1 atom stereocenters. The molecular formula is C28H30N8O2. The molecule has 0 aliphatic carbocycles. The zero-order valence-corrected chi connectivity index (χ0v) is 21.3. The van der Waals surface area contributed by atoms with E-state index < -0.39 is 0 Å². The van der Waals surface area contributed by atoms with Crippen molar-refractivity contribution in [2.75, 3.05) is 32.5 Å². The van der Waals surface area contributed by atoms with Gasteiger partial charge >= 0.3 is 0 Å². The first-order valence-corrected chi connectivity index (χ1v) is 12.7. The fourth-order valence-corrected chi connectivity index (χ4v) is 4.98. The van der Waals surface area contributed by atoms with Crippen LogP contribution < -0.4 is 15.8 Å². The number of aromatic nitrogens is 4. The Balaban J connectivity index is 1.37. The SMILES string of the molecule is COc1ccccc1C(=O)NCc1ccc(-c2nn(C3CCCN(CCC#N)C3)c3ncnc(N)c23)cc1. The fourth-order valence-electron chi connectivity index (χ4n) is 4.98. The molecule has 10 nitrogen and oxygen atoms in total. The van der Waals surface area contributed by atoms with Crippen molar-refractivity contribution in [1.29, 1.82) is 5.26 Å². The molecule has 5 rings (SSSR count). The molecule has 10 heteroatoms. The number of ether oxygens (including phenoxy) is 1. The Labute approximate surface area is 221 Å². The summed E-state index contributed by atoms with van der Waals surface area (Å²) in [6.07, 6.45) is 4.00. The van der Waals surface area contributed by atoms with Gasteiger partial charge in [0.1, 0.15) is 23.6 Å². The minimum atomic E-state index is -0.197. The van der Waals surface area contributed by atoms with Crippen molar-refractivity contribution in [2.45, 2.75) is 31.8 Å². The van der Waals surface area contributed by atoms with Gasteiger partial charge in [-0.2, -0.15) is 10.4 Å². The number of nitriles is 1. The molecule has 3 heterocycles. The van der Waals surface area contributed by atoms with Crippen LogP contribution in [0.15, 0.2) is 54.9 Å². The van der Waals surface area contributed by atoms with E-state index in [9.17, 15) is 4.79 Å². The molecule has 38 heavy (non-hydrogen) atoms. The minimum absolute atomic E-state index is 0.137. The maximum atomic E-state index is 12.7. The molecule has 1 unspecified atom stereocenters. The van der Waals surface area contributed by atoms with Crippen LogP contribution in [-0.2, 0) is 6.54 Å². The standard InChI is InChI=1S/C28H30N8O2/c1-38-23-8-3-2-7-22(23)28(37)31-16-19-9-11-20(12-10-19)25-24-26(30)32-18-33-27(24)36(34-25)21-6-4-14-35(17-21)15-5-13-29/h2-3,7-12,18,21H,4-6,14-17H2,1H3,(H,31,37)(H2,30,32,33). The van der Waals surface area contributed by atoms with Crippen molar-refractivity contribution in [1.82, 2.24) is 30.0 Å². The van der Waals surface area contributed by atoms with Crippen molar-refractivity contribution < 1.29 is 9.53 Å². The number of hydrogen-bond acceptors (Lipinski definition) is 8. The summed E-state index contributed by atoms with van der Waals surface area (Å²) in [5.41, 5.74) is 10.1. The number of nitrogens with one attached hydrogen (secondary N) is 1. The number of hydrogen-bond donors (Lipinski definition) is 2. The summed E-state index contributed by atoms with van der Waals surface area (Å²) in [5, 5.41) is 17.6. The minimum Gasteiger partial charge on any atom is -0.496 e. The van der Waals surface area contributed by atoms with Gasteiger partial charge in [-0.25, -0.2) is 14.6 Å². The van der Waals surface area contributed by atoms with Crippen LogP contribution in [0.25, 0.3) is 22.3 Å². The molecule has 0 spiro atoms. The Kier molecular flexibility index (Phi) is 7.47. The molecule has 0 radical (unpaired) electrons. The molecule has 4 aromatic rings. The number of nitrogen functional groups attached to an aromatic ring is 1. The maximum Gasteiger partial charge on any atom is 0.255 e. The first kappa shape index (κ1) is 25.2. The Morgan fingerprint density at radius 1 is 1.21 bits per heavy atom. The number of nitrogens with two attached hydrogens (primary N) is 1. The molecule has 1 aliphatic heterocycles. The van der Waals surface area contributed by atoms with Crippen LogP contribution in [0, 0.1) is 11.3 Å². The van der Waals surface area contributed by atoms with E-state index in [1.54, 1.807) is 19.2 Å². The maximum absolute atomic E-state index is 12.7. The monoisotopic (exact) mass is 510 g/mol. The van der Waals surface area contributed by atoms with Crippen molar-refractivity contribution in [3.8, 4) is 23.1 Å². The third-order valence-electron chi connectivity index (χ3n) is 6.92. The molecule has 1 saturated heterocycles. The van der Waals surface area contributed by atoms with Crippen LogP contribution in [0.3, 0.4) is 0 Å². The molecule has 2 aromatic heterocycles. The Morgan fingerprint density at radius 3 is 2.82 bits per heavy atom. The van der Waals surface area contributed by atoms with E-state index in [2.05, 4.69) is 26.3 Å². The van der Waals surface area contributed by atoms with Crippen molar-refractivity contribution in [3.05, 3.63) is 66.0 Å². The first-order valence-electron chi connectivity index (χ1n) is 12.7. The zero-order chi connectivity index (χ0) is 26.5. The van der Waals surface area contributed by atoms with E-state index in [0.29, 0.717) is 35.7 Å². The number of benzene rings is 2. The lowest BCUT2D eigenvalue weighted by atomic mass is 10.1. The van der Waals surface area contributed by atoms with Gasteiger partial charge in [0.05, 0.1) is 30.2 Å². The summed E-state index contributed by atoms with van der Waals surface area (Å²) >= 11 is 0. The fraction of sp³-hybridized carbons (Fsp3) is 0.321. The van der Waals surface area contributed by atoms with Crippen LogP contribution in [0.4, 0.5) is 5.82 Å². The number of nitrogens with zero attached hydrogens (tertiary/aromatic N) is 6. The summed E-state index contributed by atoms with van der Waals surface area (Å²) in [6, 6.07) is 17.4. The van der Waals surface area contributed by atoms with Gasteiger partial charge in [-0.3, -0.25) is 4.79 Å². The van der Waals surface area contributed by atoms with Crippen LogP contribution in [0.1, 0.15) is 41.2 Å². The lowest BCUT2D eigenvalue weighted by molar-refractivity contribution is 0.0948. The van der Waals surface area contributed by atoms with Gasteiger partial charge in [0.15, 0.2) is 5.65 Å². The van der Waals surface area contributed by atoms with Crippen LogP contribution >= 0.6 is 0 Å². The number of amides is 1. The Hall–Kier alpha value is -4.49. The smallest absolute Gasteiger partial charge is 0.255 e. The summed E-state index contributed by atoms with van der Waals surface area (Å²) in [4.78, 5) is 23.7. The largest absolute Gasteiger partial charge is 0.496 e. The highest BCUT2D eigenvalue weighted by Crippen LogP contribution is 2.33. The van der Waals surface area contributed by atoms with E-state index in [1.807, 2.05) is 41.1 Å². The van der Waals surface area contributed by atoms with Gasteiger partial charge in [0, 0.05) is 31.6 Å². The lowest BCUT2D eigenvalue weighted by Gasteiger charge is -2.32. The van der Waals surface area contributed by atoms with Crippen molar-refractivity contribution in [2.24, 2.45) is 0 Å². The number of piperidine rings is 1. The summed E-state index contributed by atoms with van der Waals surface area (Å²) in [5.74, 6) is 0.729. The number of likely N-dealkylation sites (tertiary alicyclic amines) is 1. The topological polar surface area (TPSA) is 135 Å². The predicted octanol–water partition coefficient (Wildman–Crippen LogP) is 3.56. The predicted molar refractivity (Wildman–Crippen MR) is 144 cm³/mol. The highest BCUT2D eigenvalue weighted by Gasteiger charge is 2.26. The van der Waals surface area contributed by atoms with E-state index >= 15 is 0 Å². The van der Waals surface area contributed by atoms with E-state index in [0.717, 1.165) is 54.7 Å². The molecule has 0 saturated carbocycles. The summed E-state index contributed by atoms with van der Waals surface area (Å²) in [6.45, 7) is 2.92. The van der Waals surface area contributed by atoms with Crippen molar-refractivity contribution >= 4 is 22.8 Å². The van der Waals surface area contributed by atoms with Gasteiger partial charge in [-0.05, 0) is 37.1 Å². The van der Waals surface area contributed by atoms with Gasteiger partial charge in [-0.1, -0.05) is 36.4 Å². The summed E-state index contributed by atoms with van der Waals surface area (Å²) in [7, 11) is 1.55. The van der Waals surface area contributed by atoms with Crippen molar-refractivity contribution in [3.63, 3.8) is 0 Å². The number of carbonyl (C=O) groups excluding carboxylic acids is 1. The highest BCUT2D eigenvalue weighted by molar-refractivity contribution is 5.98. The molecule has 1 fully saturated rings. The third kappa shape index (κ3) is 5.14. The van der Waals surface area contributed by atoms with Crippen LogP contribution in [0.5, 0.6) is 5.75 Å². The number of fused-ring (bicyclic) bond motifs is 1.